The highest BCUT2D eigenvalue weighted by atomic mass is 32.2. The summed E-state index contributed by atoms with van der Waals surface area (Å²) in [5.41, 5.74) is 0. The number of amides is 1. The molecule has 0 radical (unpaired) electrons. The van der Waals surface area contributed by atoms with Crippen molar-refractivity contribution in [2.75, 3.05) is 5.75 Å². The molecule has 0 aliphatic carbocycles. The first-order valence-corrected chi connectivity index (χ1v) is 5.53. The normalized spacial score (nSPS) is 23.3. The Kier molecular flexibility index (Phi) is 2.90. The Morgan fingerprint density at radius 3 is 2.57 bits per heavy atom. The van der Waals surface area contributed by atoms with Gasteiger partial charge in [-0.2, -0.15) is 0 Å². The van der Waals surface area contributed by atoms with Gasteiger partial charge in [-0.1, -0.05) is 0 Å². The minimum atomic E-state index is -3.21. The Bertz CT molecular complexity index is 383. The van der Waals surface area contributed by atoms with Crippen LogP contribution in [0.25, 0.3) is 0 Å². The summed E-state index contributed by atoms with van der Waals surface area (Å²) in [6.07, 6.45) is 0.680. The molecule has 14 heavy (non-hydrogen) atoms. The van der Waals surface area contributed by atoms with Crippen LogP contribution in [0.4, 0.5) is 0 Å². The lowest BCUT2D eigenvalue weighted by Gasteiger charge is -2.07. The van der Waals surface area contributed by atoms with E-state index in [1.54, 1.807) is 0 Å². The lowest BCUT2D eigenvalue weighted by atomic mass is 10.3. The van der Waals surface area contributed by atoms with Crippen molar-refractivity contribution >= 4 is 21.7 Å². The molecule has 2 N–H and O–H groups in total. The van der Waals surface area contributed by atoms with Gasteiger partial charge in [0.1, 0.15) is 6.42 Å². The van der Waals surface area contributed by atoms with Crippen LogP contribution in [0.5, 0.6) is 0 Å². The summed E-state index contributed by atoms with van der Waals surface area (Å²) in [5, 5.41) is 11.6. The van der Waals surface area contributed by atoms with Crippen LogP contribution in [0.2, 0.25) is 0 Å². The molecule has 0 saturated carbocycles. The van der Waals surface area contributed by atoms with Crippen LogP contribution < -0.4 is 5.32 Å². The molecule has 6 nitrogen and oxygen atoms in total. The first-order chi connectivity index (χ1) is 6.39. The molecule has 1 amide bonds. The van der Waals surface area contributed by atoms with Gasteiger partial charge in [-0.25, -0.2) is 8.42 Å². The van der Waals surface area contributed by atoms with Crippen molar-refractivity contribution in [1.29, 1.82) is 0 Å². The number of carboxylic acid groups (broad SMARTS) is 1. The maximum Gasteiger partial charge on any atom is 0.312 e. The Morgan fingerprint density at radius 1 is 1.50 bits per heavy atom. The number of carboxylic acids is 1. The van der Waals surface area contributed by atoms with Gasteiger partial charge in [0.15, 0.2) is 9.84 Å². The summed E-state index contributed by atoms with van der Waals surface area (Å²) in [6, 6.07) is -0.605. The first kappa shape index (κ1) is 10.7. The van der Waals surface area contributed by atoms with E-state index in [-0.39, 0.29) is 5.75 Å². The molecule has 0 spiro atoms. The van der Waals surface area contributed by atoms with E-state index in [2.05, 4.69) is 5.32 Å². The van der Waals surface area contributed by atoms with Crippen molar-refractivity contribution < 1.29 is 23.1 Å². The monoisotopic (exact) mass is 219 g/mol. The third-order valence-electron chi connectivity index (χ3n) is 1.59. The van der Waals surface area contributed by atoms with Gasteiger partial charge >= 0.3 is 5.97 Å². The number of hydrogen-bond acceptors (Lipinski definition) is 4. The van der Waals surface area contributed by atoms with E-state index in [0.29, 0.717) is 0 Å². The van der Waals surface area contributed by atoms with Crippen molar-refractivity contribution in [3.05, 3.63) is 11.5 Å². The number of hydrogen-bond donors (Lipinski definition) is 2. The van der Waals surface area contributed by atoms with E-state index in [1.807, 2.05) is 0 Å². The van der Waals surface area contributed by atoms with E-state index < -0.39 is 34.2 Å². The predicted octanol–water partition coefficient (Wildman–Crippen LogP) is -1.11. The molecular weight excluding hydrogens is 210 g/mol. The summed E-state index contributed by atoms with van der Waals surface area (Å²) in [7, 11) is -3.21. The summed E-state index contributed by atoms with van der Waals surface area (Å²) >= 11 is 0. The zero-order chi connectivity index (χ0) is 10.8. The van der Waals surface area contributed by atoms with Crippen molar-refractivity contribution in [2.45, 2.75) is 12.5 Å². The smallest absolute Gasteiger partial charge is 0.312 e. The molecule has 78 valence electrons. The number of carbonyl (C=O) groups is 2. The van der Waals surface area contributed by atoms with Crippen molar-refractivity contribution in [3.63, 3.8) is 0 Å². The molecule has 0 aromatic carbocycles. The van der Waals surface area contributed by atoms with Gasteiger partial charge in [-0.3, -0.25) is 9.59 Å². The number of carbonyl (C=O) groups excluding carboxylic acids is 1. The summed E-state index contributed by atoms with van der Waals surface area (Å²) < 4.78 is 21.8. The molecule has 7 heteroatoms. The molecule has 0 saturated heterocycles. The predicted molar refractivity (Wildman–Crippen MR) is 47.1 cm³/mol. The molecule has 1 heterocycles. The molecule has 1 aliphatic heterocycles. The molecule has 1 aliphatic rings. The van der Waals surface area contributed by atoms with Gasteiger partial charge in [0.05, 0.1) is 11.8 Å². The SMILES string of the molecule is O=C(O)CC(=O)NC1C=CS(=O)(=O)C1. The Labute approximate surface area is 80.5 Å². The van der Waals surface area contributed by atoms with Crippen LogP contribution in [0.3, 0.4) is 0 Å². The van der Waals surface area contributed by atoms with Crippen LogP contribution in [0, 0.1) is 0 Å². The van der Waals surface area contributed by atoms with Gasteiger partial charge in [-0.15, -0.1) is 0 Å². The van der Waals surface area contributed by atoms with Gasteiger partial charge < -0.3 is 10.4 Å². The standard InChI is InChI=1S/C7H9NO5S/c9-6(3-7(10)11)8-5-1-2-14(12,13)4-5/h1-2,5H,3-4H2,(H,8,9)(H,10,11). The Hall–Kier alpha value is -1.37. The fourth-order valence-corrected chi connectivity index (χ4v) is 2.30. The zero-order valence-corrected chi connectivity index (χ0v) is 7.95. The third-order valence-corrected chi connectivity index (χ3v) is 2.98. The molecule has 1 unspecified atom stereocenters. The van der Waals surface area contributed by atoms with Gasteiger partial charge in [0, 0.05) is 5.41 Å². The molecular formula is C7H9NO5S. The summed E-state index contributed by atoms with van der Waals surface area (Å²) in [4.78, 5) is 21.0. The van der Waals surface area contributed by atoms with E-state index in [4.69, 9.17) is 5.11 Å². The average molecular weight is 219 g/mol. The molecule has 0 fully saturated rings. The Morgan fingerprint density at radius 2 is 2.14 bits per heavy atom. The van der Waals surface area contributed by atoms with Gasteiger partial charge in [0.25, 0.3) is 0 Å². The van der Waals surface area contributed by atoms with Gasteiger partial charge in [0.2, 0.25) is 5.91 Å². The zero-order valence-electron chi connectivity index (χ0n) is 7.13. The van der Waals surface area contributed by atoms with E-state index in [1.165, 1.54) is 6.08 Å². The second kappa shape index (κ2) is 3.79. The van der Waals surface area contributed by atoms with Crippen LogP contribution in [0.15, 0.2) is 11.5 Å². The maximum absolute atomic E-state index is 10.9. The fraction of sp³-hybridized carbons (Fsp3) is 0.429. The van der Waals surface area contributed by atoms with Crippen LogP contribution in [0.1, 0.15) is 6.42 Å². The molecule has 0 aromatic heterocycles. The van der Waals surface area contributed by atoms with Crippen LogP contribution in [-0.4, -0.2) is 37.2 Å². The van der Waals surface area contributed by atoms with Crippen LogP contribution >= 0.6 is 0 Å². The highest BCUT2D eigenvalue weighted by Gasteiger charge is 2.23. The van der Waals surface area contributed by atoms with E-state index in [9.17, 15) is 18.0 Å². The second-order valence-corrected chi connectivity index (χ2v) is 4.83. The Balaban J connectivity index is 2.45. The van der Waals surface area contributed by atoms with E-state index in [0.717, 1.165) is 5.41 Å². The van der Waals surface area contributed by atoms with Crippen molar-refractivity contribution in [3.8, 4) is 0 Å². The third kappa shape index (κ3) is 3.17. The highest BCUT2D eigenvalue weighted by Crippen LogP contribution is 2.07. The lowest BCUT2D eigenvalue weighted by Crippen LogP contribution is -2.36. The summed E-state index contributed by atoms with van der Waals surface area (Å²) in [5.74, 6) is -2.13. The first-order valence-electron chi connectivity index (χ1n) is 3.81. The number of sulfone groups is 1. The minimum Gasteiger partial charge on any atom is -0.481 e. The minimum absolute atomic E-state index is 0.196. The lowest BCUT2D eigenvalue weighted by molar-refractivity contribution is -0.140. The fourth-order valence-electron chi connectivity index (χ4n) is 1.06. The second-order valence-electron chi connectivity index (χ2n) is 2.90. The molecule has 0 bridgehead atoms. The number of rotatable bonds is 3. The average Bonchev–Trinajstić information content (AvgIpc) is 2.27. The molecule has 0 aromatic rings. The van der Waals surface area contributed by atoms with E-state index >= 15 is 0 Å². The highest BCUT2D eigenvalue weighted by molar-refractivity contribution is 7.94. The molecule has 1 atom stereocenters. The van der Waals surface area contributed by atoms with Gasteiger partial charge in [-0.05, 0) is 6.08 Å². The quantitative estimate of drug-likeness (QED) is 0.586. The summed E-state index contributed by atoms with van der Waals surface area (Å²) in [6.45, 7) is 0. The number of aliphatic carboxylic acids is 1. The topological polar surface area (TPSA) is 101 Å². The van der Waals surface area contributed by atoms with Crippen molar-refractivity contribution in [1.82, 2.24) is 5.32 Å². The largest absolute Gasteiger partial charge is 0.481 e. The van der Waals surface area contributed by atoms with Crippen LogP contribution in [-0.2, 0) is 19.4 Å². The van der Waals surface area contributed by atoms with Crippen molar-refractivity contribution in [2.24, 2.45) is 0 Å². The number of nitrogens with one attached hydrogen (secondary N) is 1. The maximum atomic E-state index is 10.9. The molecule has 1 rings (SSSR count).